The Morgan fingerprint density at radius 2 is 2.00 bits per heavy atom. The van der Waals surface area contributed by atoms with E-state index in [1.165, 1.54) is 30.0 Å². The largest absolute Gasteiger partial charge is 0.493 e. The lowest BCUT2D eigenvalue weighted by Crippen LogP contribution is -2.21. The van der Waals surface area contributed by atoms with Crippen molar-refractivity contribution < 1.29 is 19.2 Å². The third-order valence-electron chi connectivity index (χ3n) is 2.84. The molecule has 0 aliphatic carbocycles. The van der Waals surface area contributed by atoms with Crippen molar-refractivity contribution in [1.29, 1.82) is 0 Å². The molecule has 0 fully saturated rings. The van der Waals surface area contributed by atoms with Gasteiger partial charge >= 0.3 is 0 Å². The monoisotopic (exact) mass is 294 g/mol. The third kappa shape index (κ3) is 4.87. The molecule has 114 valence electrons. The molecule has 21 heavy (non-hydrogen) atoms. The molecule has 0 aliphatic heterocycles. The van der Waals surface area contributed by atoms with E-state index in [1.54, 1.807) is 14.1 Å². The summed E-state index contributed by atoms with van der Waals surface area (Å²) in [7, 11) is 3.35. The molecule has 0 heterocycles. The van der Waals surface area contributed by atoms with Gasteiger partial charge < -0.3 is 9.64 Å². The highest BCUT2D eigenvalue weighted by molar-refractivity contribution is 5.97. The van der Waals surface area contributed by atoms with Crippen LogP contribution in [0.5, 0.6) is 5.75 Å². The summed E-state index contributed by atoms with van der Waals surface area (Å²) in [5, 5.41) is 10.7. The van der Waals surface area contributed by atoms with E-state index in [1.807, 2.05) is 0 Å². The minimum Gasteiger partial charge on any atom is -0.493 e. The van der Waals surface area contributed by atoms with Gasteiger partial charge in [-0.05, 0) is 19.4 Å². The number of non-ortho nitro benzene ring substituents is 1. The molecule has 1 rings (SSSR count). The summed E-state index contributed by atoms with van der Waals surface area (Å²) in [6, 6.07) is 3.89. The smallest absolute Gasteiger partial charge is 0.270 e. The Balaban J connectivity index is 2.68. The number of ketones is 1. The second-order valence-corrected chi connectivity index (χ2v) is 4.73. The Labute approximate surface area is 122 Å². The Morgan fingerprint density at radius 3 is 2.52 bits per heavy atom. The standard InChI is InChI=1S/C14H18N2O5/c1-10(17)12-9-11(16(19)20)6-7-13(12)21-8-4-5-14(18)15(2)3/h6-7,9H,4-5,8H2,1-3H3. The normalized spacial score (nSPS) is 10.0. The first kappa shape index (κ1) is 16.6. The summed E-state index contributed by atoms with van der Waals surface area (Å²) < 4.78 is 5.45. The van der Waals surface area contributed by atoms with Gasteiger partial charge in [-0.2, -0.15) is 0 Å². The van der Waals surface area contributed by atoms with Crippen LogP contribution in [-0.2, 0) is 4.79 Å². The molecular formula is C14H18N2O5. The maximum absolute atomic E-state index is 11.5. The molecule has 0 aliphatic rings. The molecule has 1 aromatic rings. The quantitative estimate of drug-likeness (QED) is 0.332. The number of hydrogen-bond donors (Lipinski definition) is 0. The highest BCUT2D eigenvalue weighted by Crippen LogP contribution is 2.24. The van der Waals surface area contributed by atoms with Crippen LogP contribution in [0.1, 0.15) is 30.1 Å². The minimum atomic E-state index is -0.564. The zero-order valence-electron chi connectivity index (χ0n) is 12.3. The lowest BCUT2D eigenvalue weighted by Gasteiger charge is -2.11. The number of carbonyl (C=O) groups excluding carboxylic acids is 2. The van der Waals surface area contributed by atoms with Gasteiger partial charge in [-0.1, -0.05) is 0 Å². The average Bonchev–Trinajstić information content (AvgIpc) is 2.42. The molecular weight excluding hydrogens is 276 g/mol. The average molecular weight is 294 g/mol. The van der Waals surface area contributed by atoms with Gasteiger partial charge in [0.25, 0.3) is 5.69 Å². The number of nitro benzene ring substituents is 1. The van der Waals surface area contributed by atoms with Crippen LogP contribution in [-0.4, -0.2) is 42.2 Å². The minimum absolute atomic E-state index is 0.00547. The third-order valence-corrected chi connectivity index (χ3v) is 2.84. The van der Waals surface area contributed by atoms with Crippen molar-refractivity contribution in [3.05, 3.63) is 33.9 Å². The molecule has 0 saturated carbocycles. The van der Waals surface area contributed by atoms with Gasteiger partial charge in [-0.25, -0.2) is 0 Å². The van der Waals surface area contributed by atoms with Gasteiger partial charge in [0.05, 0.1) is 17.1 Å². The molecule has 0 N–H and O–H groups in total. The Morgan fingerprint density at radius 1 is 1.33 bits per heavy atom. The van der Waals surface area contributed by atoms with E-state index in [0.717, 1.165) is 0 Å². The molecule has 1 amide bonds. The van der Waals surface area contributed by atoms with E-state index < -0.39 is 4.92 Å². The van der Waals surface area contributed by atoms with Gasteiger partial charge in [0.1, 0.15) is 5.75 Å². The Bertz CT molecular complexity index is 554. The van der Waals surface area contributed by atoms with E-state index in [2.05, 4.69) is 0 Å². The van der Waals surface area contributed by atoms with Crippen molar-refractivity contribution in [3.8, 4) is 5.75 Å². The predicted octanol–water partition coefficient (Wildman–Crippen LogP) is 2.04. The summed E-state index contributed by atoms with van der Waals surface area (Å²) in [5.41, 5.74) is 0.0125. The molecule has 0 atom stereocenters. The first-order chi connectivity index (χ1) is 9.82. The molecule has 0 bridgehead atoms. The molecule has 0 aromatic heterocycles. The predicted molar refractivity (Wildman–Crippen MR) is 76.5 cm³/mol. The van der Waals surface area contributed by atoms with Crippen molar-refractivity contribution in [2.75, 3.05) is 20.7 Å². The zero-order valence-corrected chi connectivity index (χ0v) is 12.3. The lowest BCUT2D eigenvalue weighted by molar-refractivity contribution is -0.384. The maximum Gasteiger partial charge on any atom is 0.270 e. The number of carbonyl (C=O) groups is 2. The van der Waals surface area contributed by atoms with E-state index in [9.17, 15) is 19.7 Å². The molecule has 7 nitrogen and oxygen atoms in total. The fourth-order valence-corrected chi connectivity index (χ4v) is 1.66. The Kier molecular flexibility index (Phi) is 5.83. The number of rotatable bonds is 7. The molecule has 0 saturated heterocycles. The topological polar surface area (TPSA) is 89.7 Å². The van der Waals surface area contributed by atoms with Crippen molar-refractivity contribution >= 4 is 17.4 Å². The lowest BCUT2D eigenvalue weighted by atomic mass is 10.1. The molecule has 0 unspecified atom stereocenters. The van der Waals surface area contributed by atoms with Gasteiger partial charge in [0, 0.05) is 32.6 Å². The second-order valence-electron chi connectivity index (χ2n) is 4.73. The molecule has 0 spiro atoms. The van der Waals surface area contributed by atoms with E-state index in [-0.39, 0.29) is 29.5 Å². The van der Waals surface area contributed by atoms with Gasteiger partial charge in [0.2, 0.25) is 5.91 Å². The number of nitrogens with zero attached hydrogens (tertiary/aromatic N) is 2. The zero-order chi connectivity index (χ0) is 16.0. The van der Waals surface area contributed by atoms with E-state index in [0.29, 0.717) is 18.6 Å². The second kappa shape index (κ2) is 7.37. The van der Waals surface area contributed by atoms with Crippen LogP contribution in [0.25, 0.3) is 0 Å². The van der Waals surface area contributed by atoms with Gasteiger partial charge in [0.15, 0.2) is 5.78 Å². The van der Waals surface area contributed by atoms with Crippen LogP contribution in [0.4, 0.5) is 5.69 Å². The number of Topliss-reactive ketones (excluding diaryl/α,β-unsaturated/α-hetero) is 1. The maximum atomic E-state index is 11.5. The van der Waals surface area contributed by atoms with Crippen LogP contribution >= 0.6 is 0 Å². The summed E-state index contributed by atoms with van der Waals surface area (Å²) >= 11 is 0. The number of benzene rings is 1. The van der Waals surface area contributed by atoms with Crippen LogP contribution < -0.4 is 4.74 Å². The number of amides is 1. The van der Waals surface area contributed by atoms with E-state index >= 15 is 0 Å². The van der Waals surface area contributed by atoms with Crippen molar-refractivity contribution in [2.24, 2.45) is 0 Å². The molecule has 0 radical (unpaired) electrons. The van der Waals surface area contributed by atoms with Gasteiger partial charge in [-0.15, -0.1) is 0 Å². The van der Waals surface area contributed by atoms with Crippen molar-refractivity contribution in [2.45, 2.75) is 19.8 Å². The fraction of sp³-hybridized carbons (Fsp3) is 0.429. The number of hydrogen-bond acceptors (Lipinski definition) is 5. The highest BCUT2D eigenvalue weighted by Gasteiger charge is 2.15. The van der Waals surface area contributed by atoms with Crippen LogP contribution in [0, 0.1) is 10.1 Å². The number of ether oxygens (including phenoxy) is 1. The first-order valence-corrected chi connectivity index (χ1v) is 6.45. The van der Waals surface area contributed by atoms with Gasteiger partial charge in [-0.3, -0.25) is 19.7 Å². The van der Waals surface area contributed by atoms with Crippen LogP contribution in [0.2, 0.25) is 0 Å². The molecule has 1 aromatic carbocycles. The van der Waals surface area contributed by atoms with E-state index in [4.69, 9.17) is 4.74 Å². The van der Waals surface area contributed by atoms with Crippen molar-refractivity contribution in [3.63, 3.8) is 0 Å². The highest BCUT2D eigenvalue weighted by atomic mass is 16.6. The van der Waals surface area contributed by atoms with Crippen LogP contribution in [0.3, 0.4) is 0 Å². The Hall–Kier alpha value is -2.44. The van der Waals surface area contributed by atoms with Crippen molar-refractivity contribution in [1.82, 2.24) is 4.90 Å². The summed E-state index contributed by atoms with van der Waals surface area (Å²) in [5.74, 6) is -0.0161. The molecule has 7 heteroatoms. The summed E-state index contributed by atoms with van der Waals surface area (Å²) in [4.78, 5) is 34.5. The SMILES string of the molecule is CC(=O)c1cc([N+](=O)[O-])ccc1OCCCC(=O)N(C)C. The fourth-order valence-electron chi connectivity index (χ4n) is 1.66. The summed E-state index contributed by atoms with van der Waals surface area (Å²) in [6.07, 6.45) is 0.848. The first-order valence-electron chi connectivity index (χ1n) is 6.45. The summed E-state index contributed by atoms with van der Waals surface area (Å²) in [6.45, 7) is 1.58. The van der Waals surface area contributed by atoms with Crippen LogP contribution in [0.15, 0.2) is 18.2 Å². The number of nitro groups is 1.